The van der Waals surface area contributed by atoms with Gasteiger partial charge in [-0.05, 0) is 18.1 Å². The highest BCUT2D eigenvalue weighted by atomic mass is 16.3. The van der Waals surface area contributed by atoms with Crippen molar-refractivity contribution in [2.24, 2.45) is 5.73 Å². The fraction of sp³-hybridized carbons (Fsp3) is 0.400. The van der Waals surface area contributed by atoms with Crippen LogP contribution in [0.2, 0.25) is 0 Å². The normalized spacial score (nSPS) is 15.4. The van der Waals surface area contributed by atoms with E-state index in [0.29, 0.717) is 0 Å². The van der Waals surface area contributed by atoms with E-state index >= 15 is 0 Å². The molecule has 0 bridgehead atoms. The highest BCUT2D eigenvalue weighted by Crippen LogP contribution is 2.15. The number of hydrogen-bond donors (Lipinski definition) is 3. The summed E-state index contributed by atoms with van der Waals surface area (Å²) in [5.74, 6) is 0. The van der Waals surface area contributed by atoms with Crippen LogP contribution in [0, 0.1) is 0 Å². The Kier molecular flexibility index (Phi) is 3.42. The molecule has 0 aliphatic heterocycles. The highest BCUT2D eigenvalue weighted by Gasteiger charge is 2.11. The molecule has 0 aromatic heterocycles. The molecule has 0 saturated heterocycles. The number of aliphatic hydroxyl groups excluding tert-OH is 2. The number of aliphatic hydroxyl groups is 2. The van der Waals surface area contributed by atoms with Crippen molar-refractivity contribution in [2.45, 2.75) is 25.7 Å². The molecule has 3 heteroatoms. The molecule has 1 aromatic rings. The molecule has 2 unspecified atom stereocenters. The van der Waals surface area contributed by atoms with Gasteiger partial charge in [0.25, 0.3) is 0 Å². The third-order valence-electron chi connectivity index (χ3n) is 2.00. The van der Waals surface area contributed by atoms with E-state index in [0.717, 1.165) is 11.1 Å². The van der Waals surface area contributed by atoms with E-state index in [1.165, 1.54) is 0 Å². The fourth-order valence-electron chi connectivity index (χ4n) is 1.12. The number of nitrogens with two attached hydrogens (primary N) is 1. The first-order valence-electron chi connectivity index (χ1n) is 4.28. The van der Waals surface area contributed by atoms with E-state index in [9.17, 15) is 5.11 Å². The molecule has 0 spiro atoms. The Labute approximate surface area is 77.8 Å². The second-order valence-electron chi connectivity index (χ2n) is 3.20. The average molecular weight is 181 g/mol. The Morgan fingerprint density at radius 1 is 1.31 bits per heavy atom. The summed E-state index contributed by atoms with van der Waals surface area (Å²) in [6, 6.07) is 6.83. The van der Waals surface area contributed by atoms with E-state index in [-0.39, 0.29) is 12.6 Å². The molecular formula is C10H15NO2. The van der Waals surface area contributed by atoms with Crippen molar-refractivity contribution in [3.63, 3.8) is 0 Å². The molecule has 2 atom stereocenters. The molecule has 13 heavy (non-hydrogen) atoms. The lowest BCUT2D eigenvalue weighted by molar-refractivity contribution is 0.153. The molecule has 1 aromatic carbocycles. The topological polar surface area (TPSA) is 66.5 Å². The Morgan fingerprint density at radius 3 is 2.23 bits per heavy atom. The van der Waals surface area contributed by atoms with Gasteiger partial charge in [0, 0.05) is 6.04 Å². The van der Waals surface area contributed by atoms with Crippen molar-refractivity contribution in [3.05, 3.63) is 35.4 Å². The molecule has 0 amide bonds. The summed E-state index contributed by atoms with van der Waals surface area (Å²) in [7, 11) is 0. The maximum Gasteiger partial charge on any atom is 0.0938 e. The van der Waals surface area contributed by atoms with Crippen molar-refractivity contribution in [1.82, 2.24) is 0 Å². The summed E-state index contributed by atoms with van der Waals surface area (Å²) >= 11 is 0. The average Bonchev–Trinajstić information content (AvgIpc) is 2.17. The van der Waals surface area contributed by atoms with Crippen LogP contribution in [0.25, 0.3) is 0 Å². The van der Waals surface area contributed by atoms with Gasteiger partial charge in [0.15, 0.2) is 0 Å². The second kappa shape index (κ2) is 4.37. The second-order valence-corrected chi connectivity index (χ2v) is 3.20. The molecule has 72 valence electrons. The zero-order valence-electron chi connectivity index (χ0n) is 7.64. The summed E-state index contributed by atoms with van der Waals surface area (Å²) in [6.45, 7) is 1.78. The minimum atomic E-state index is -0.632. The first-order chi connectivity index (χ1) is 6.15. The lowest BCUT2D eigenvalue weighted by Gasteiger charge is -2.14. The number of benzene rings is 1. The molecular weight excluding hydrogens is 166 g/mol. The minimum absolute atomic E-state index is 0.0224. The maximum absolute atomic E-state index is 9.57. The van der Waals surface area contributed by atoms with Crippen LogP contribution in [0.5, 0.6) is 0 Å². The summed E-state index contributed by atoms with van der Waals surface area (Å²) < 4.78 is 0. The van der Waals surface area contributed by atoms with Crippen LogP contribution in [0.4, 0.5) is 0 Å². The van der Waals surface area contributed by atoms with Gasteiger partial charge in [-0.3, -0.25) is 0 Å². The zero-order valence-corrected chi connectivity index (χ0v) is 7.64. The van der Waals surface area contributed by atoms with Crippen molar-refractivity contribution >= 4 is 0 Å². The zero-order chi connectivity index (χ0) is 9.84. The van der Waals surface area contributed by atoms with Crippen molar-refractivity contribution < 1.29 is 10.2 Å². The van der Waals surface area contributed by atoms with Gasteiger partial charge < -0.3 is 15.9 Å². The monoisotopic (exact) mass is 181 g/mol. The van der Waals surface area contributed by atoms with E-state index in [2.05, 4.69) is 0 Å². The Bertz CT molecular complexity index is 256. The summed E-state index contributed by atoms with van der Waals surface area (Å²) in [5, 5.41) is 18.4. The van der Waals surface area contributed by atoms with E-state index in [1.807, 2.05) is 0 Å². The van der Waals surface area contributed by atoms with Gasteiger partial charge >= 0.3 is 0 Å². The van der Waals surface area contributed by atoms with Crippen molar-refractivity contribution in [2.75, 3.05) is 0 Å². The first kappa shape index (κ1) is 10.2. The third kappa shape index (κ3) is 2.52. The van der Waals surface area contributed by atoms with Crippen LogP contribution in [0.1, 0.15) is 24.2 Å². The fourth-order valence-corrected chi connectivity index (χ4v) is 1.12. The highest BCUT2D eigenvalue weighted by molar-refractivity contribution is 5.24. The van der Waals surface area contributed by atoms with E-state index in [4.69, 9.17) is 10.8 Å². The van der Waals surface area contributed by atoms with Gasteiger partial charge in [0.05, 0.1) is 12.7 Å². The quantitative estimate of drug-likeness (QED) is 0.638. The van der Waals surface area contributed by atoms with Crippen LogP contribution in [-0.4, -0.2) is 16.3 Å². The molecule has 0 aliphatic rings. The molecule has 0 aliphatic carbocycles. The van der Waals surface area contributed by atoms with E-state index < -0.39 is 6.10 Å². The van der Waals surface area contributed by atoms with Gasteiger partial charge in [0.1, 0.15) is 0 Å². The molecule has 0 radical (unpaired) electrons. The third-order valence-corrected chi connectivity index (χ3v) is 2.00. The van der Waals surface area contributed by atoms with Gasteiger partial charge in [0.2, 0.25) is 0 Å². The smallest absolute Gasteiger partial charge is 0.0938 e. The largest absolute Gasteiger partial charge is 0.392 e. The lowest BCUT2D eigenvalue weighted by Crippen LogP contribution is -2.24. The predicted molar refractivity (Wildman–Crippen MR) is 51.0 cm³/mol. The van der Waals surface area contributed by atoms with Crippen molar-refractivity contribution in [3.8, 4) is 0 Å². The van der Waals surface area contributed by atoms with E-state index in [1.54, 1.807) is 31.2 Å². The first-order valence-corrected chi connectivity index (χ1v) is 4.28. The van der Waals surface area contributed by atoms with Gasteiger partial charge in [-0.1, -0.05) is 24.3 Å². The number of rotatable bonds is 3. The molecule has 0 saturated carbocycles. The van der Waals surface area contributed by atoms with Crippen LogP contribution >= 0.6 is 0 Å². The molecule has 4 N–H and O–H groups in total. The molecule has 3 nitrogen and oxygen atoms in total. The summed E-state index contributed by atoms with van der Waals surface area (Å²) in [5.41, 5.74) is 7.16. The minimum Gasteiger partial charge on any atom is -0.392 e. The summed E-state index contributed by atoms with van der Waals surface area (Å²) in [4.78, 5) is 0. The number of hydrogen-bond acceptors (Lipinski definition) is 3. The lowest BCUT2D eigenvalue weighted by atomic mass is 10.0. The maximum atomic E-state index is 9.57. The molecule has 0 fully saturated rings. The van der Waals surface area contributed by atoms with Crippen LogP contribution < -0.4 is 5.73 Å². The van der Waals surface area contributed by atoms with Crippen molar-refractivity contribution in [1.29, 1.82) is 0 Å². The standard InChI is InChI=1S/C10H15NO2/c1-7(11)10(13)9-4-2-8(6-12)3-5-9/h2-5,7,10,12-13H,6,11H2,1H3. The van der Waals surface area contributed by atoms with Gasteiger partial charge in [-0.25, -0.2) is 0 Å². The van der Waals surface area contributed by atoms with Gasteiger partial charge in [-0.2, -0.15) is 0 Å². The SMILES string of the molecule is CC(N)C(O)c1ccc(CO)cc1. The molecule has 1 rings (SSSR count). The summed E-state index contributed by atoms with van der Waals surface area (Å²) in [6.07, 6.45) is -0.632. The Morgan fingerprint density at radius 2 is 1.85 bits per heavy atom. The molecule has 0 heterocycles. The Balaban J connectivity index is 2.79. The van der Waals surface area contributed by atoms with Crippen LogP contribution in [0.3, 0.4) is 0 Å². The van der Waals surface area contributed by atoms with Crippen LogP contribution in [0.15, 0.2) is 24.3 Å². The van der Waals surface area contributed by atoms with Crippen LogP contribution in [-0.2, 0) is 6.61 Å². The van der Waals surface area contributed by atoms with Gasteiger partial charge in [-0.15, -0.1) is 0 Å². The Hall–Kier alpha value is -0.900. The predicted octanol–water partition coefficient (Wildman–Crippen LogP) is 0.560.